The van der Waals surface area contributed by atoms with Gasteiger partial charge in [-0.2, -0.15) is 4.39 Å². The van der Waals surface area contributed by atoms with Crippen LogP contribution in [-0.2, 0) is 4.74 Å². The Kier molecular flexibility index (Phi) is 11.3. The first-order valence-corrected chi connectivity index (χ1v) is 14.8. The molecule has 40 heavy (non-hydrogen) atoms. The summed E-state index contributed by atoms with van der Waals surface area (Å²) in [6.07, 6.45) is 14.0. The largest absolute Gasteiger partial charge is 0.490 e. The van der Waals surface area contributed by atoms with Crippen molar-refractivity contribution in [3.8, 4) is 28.0 Å². The van der Waals surface area contributed by atoms with E-state index in [2.05, 4.69) is 13.0 Å². The Bertz CT molecular complexity index is 1240. The minimum Gasteiger partial charge on any atom is -0.490 e. The number of ether oxygens (including phenoxy) is 2. The molecule has 0 N–H and O–H groups in total. The standard InChI is InChI=1S/C35H41F3O2/c1-3-5-6-7-8-9-10-22-39-33-21-20-31(34(37)35(33)38)26-14-12-25(13-15-26)30-19-17-27(23-32(30)36)28-16-18-29(11-4-2)40-24-28/h4,11-15,17,19-21,23,28-29H,3,5-10,16,18,22,24H2,1-2H3. The topological polar surface area (TPSA) is 18.5 Å². The van der Waals surface area contributed by atoms with Gasteiger partial charge in [-0.05, 0) is 61.1 Å². The highest BCUT2D eigenvalue weighted by Crippen LogP contribution is 2.34. The van der Waals surface area contributed by atoms with Gasteiger partial charge in [-0.25, -0.2) is 8.78 Å². The van der Waals surface area contributed by atoms with Gasteiger partial charge in [-0.15, -0.1) is 0 Å². The van der Waals surface area contributed by atoms with E-state index in [9.17, 15) is 8.78 Å². The molecule has 1 saturated heterocycles. The van der Waals surface area contributed by atoms with E-state index in [0.29, 0.717) is 29.9 Å². The van der Waals surface area contributed by atoms with E-state index < -0.39 is 11.6 Å². The molecule has 1 aliphatic heterocycles. The van der Waals surface area contributed by atoms with Crippen molar-refractivity contribution in [1.29, 1.82) is 0 Å². The van der Waals surface area contributed by atoms with Crippen LogP contribution >= 0.6 is 0 Å². The molecule has 214 valence electrons. The number of halogens is 3. The van der Waals surface area contributed by atoms with Gasteiger partial charge in [0.15, 0.2) is 11.6 Å². The Morgan fingerprint density at radius 2 is 1.48 bits per heavy atom. The predicted molar refractivity (Wildman–Crippen MR) is 157 cm³/mol. The van der Waals surface area contributed by atoms with Gasteiger partial charge in [-0.3, -0.25) is 0 Å². The summed E-state index contributed by atoms with van der Waals surface area (Å²) in [6.45, 7) is 5.12. The molecule has 4 rings (SSSR count). The second kappa shape index (κ2) is 15.1. The average molecular weight is 551 g/mol. The van der Waals surface area contributed by atoms with E-state index in [1.54, 1.807) is 36.4 Å². The van der Waals surface area contributed by atoms with Gasteiger partial charge in [0.1, 0.15) is 5.82 Å². The monoisotopic (exact) mass is 550 g/mol. The highest BCUT2D eigenvalue weighted by Gasteiger charge is 2.22. The zero-order valence-electron chi connectivity index (χ0n) is 23.7. The fourth-order valence-electron chi connectivity index (χ4n) is 5.36. The van der Waals surface area contributed by atoms with Crippen LogP contribution in [0.5, 0.6) is 5.75 Å². The number of rotatable bonds is 13. The van der Waals surface area contributed by atoms with Gasteiger partial charge in [0, 0.05) is 17.0 Å². The van der Waals surface area contributed by atoms with Crippen molar-refractivity contribution in [2.24, 2.45) is 0 Å². The van der Waals surface area contributed by atoms with Crippen molar-refractivity contribution in [1.82, 2.24) is 0 Å². The minimum atomic E-state index is -0.977. The summed E-state index contributed by atoms with van der Waals surface area (Å²) in [7, 11) is 0. The van der Waals surface area contributed by atoms with E-state index >= 15 is 4.39 Å². The third kappa shape index (κ3) is 7.78. The third-order valence-corrected chi connectivity index (χ3v) is 7.74. The van der Waals surface area contributed by atoms with Gasteiger partial charge in [0.2, 0.25) is 5.82 Å². The van der Waals surface area contributed by atoms with Gasteiger partial charge >= 0.3 is 0 Å². The maximum Gasteiger partial charge on any atom is 0.201 e. The second-order valence-corrected chi connectivity index (χ2v) is 10.7. The molecule has 0 radical (unpaired) electrons. The Hall–Kier alpha value is -3.05. The van der Waals surface area contributed by atoms with Crippen molar-refractivity contribution in [3.63, 3.8) is 0 Å². The van der Waals surface area contributed by atoms with Crippen LogP contribution in [0.2, 0.25) is 0 Å². The molecule has 0 amide bonds. The average Bonchev–Trinajstić information content (AvgIpc) is 2.97. The first kappa shape index (κ1) is 29.9. The number of hydrogen-bond donors (Lipinski definition) is 0. The lowest BCUT2D eigenvalue weighted by molar-refractivity contribution is 0.0326. The van der Waals surface area contributed by atoms with Crippen molar-refractivity contribution in [3.05, 3.63) is 89.8 Å². The minimum absolute atomic E-state index is 0.0632. The Labute approximate surface area is 237 Å². The van der Waals surface area contributed by atoms with Crippen LogP contribution in [0, 0.1) is 17.5 Å². The van der Waals surface area contributed by atoms with Crippen molar-refractivity contribution in [2.75, 3.05) is 13.2 Å². The molecule has 1 aliphatic rings. The maximum absolute atomic E-state index is 15.1. The fraction of sp³-hybridized carbons (Fsp3) is 0.429. The summed E-state index contributed by atoms with van der Waals surface area (Å²) in [6, 6.07) is 15.2. The number of unbranched alkanes of at least 4 members (excludes halogenated alkanes) is 6. The van der Waals surface area contributed by atoms with Crippen molar-refractivity contribution in [2.45, 2.75) is 83.7 Å². The lowest BCUT2D eigenvalue weighted by atomic mass is 9.89. The van der Waals surface area contributed by atoms with Crippen LogP contribution < -0.4 is 4.74 Å². The van der Waals surface area contributed by atoms with Crippen LogP contribution in [0.25, 0.3) is 22.3 Å². The number of hydrogen-bond acceptors (Lipinski definition) is 2. The van der Waals surface area contributed by atoms with Crippen LogP contribution in [0.1, 0.15) is 83.1 Å². The van der Waals surface area contributed by atoms with Gasteiger partial charge in [0.25, 0.3) is 0 Å². The molecule has 3 aromatic carbocycles. The summed E-state index contributed by atoms with van der Waals surface area (Å²) in [5, 5.41) is 0. The fourth-order valence-corrected chi connectivity index (χ4v) is 5.36. The van der Waals surface area contributed by atoms with Gasteiger partial charge < -0.3 is 9.47 Å². The summed E-state index contributed by atoms with van der Waals surface area (Å²) in [5.74, 6) is -2.11. The molecule has 0 spiro atoms. The molecule has 2 atom stereocenters. The lowest BCUT2D eigenvalue weighted by Gasteiger charge is -2.28. The zero-order valence-corrected chi connectivity index (χ0v) is 23.7. The predicted octanol–water partition coefficient (Wildman–Crippen LogP) is 10.4. The SMILES string of the molecule is CC=CC1CCC(c2ccc(-c3ccc(-c4ccc(OCCCCCCCCC)c(F)c4F)cc3)c(F)c2)CO1. The van der Waals surface area contributed by atoms with Gasteiger partial charge in [-0.1, -0.05) is 94.0 Å². The van der Waals surface area contributed by atoms with Crippen molar-refractivity contribution >= 4 is 0 Å². The van der Waals surface area contributed by atoms with Crippen LogP contribution in [-0.4, -0.2) is 19.3 Å². The number of benzene rings is 3. The zero-order chi connectivity index (χ0) is 28.3. The quantitative estimate of drug-likeness (QED) is 0.156. The molecular weight excluding hydrogens is 509 g/mol. The molecule has 0 bridgehead atoms. The molecule has 3 aromatic rings. The first-order chi connectivity index (χ1) is 19.5. The van der Waals surface area contributed by atoms with E-state index in [4.69, 9.17) is 9.47 Å². The highest BCUT2D eigenvalue weighted by atomic mass is 19.2. The molecule has 0 saturated carbocycles. The molecule has 2 nitrogen and oxygen atoms in total. The van der Waals surface area contributed by atoms with Gasteiger partial charge in [0.05, 0.1) is 19.3 Å². The van der Waals surface area contributed by atoms with E-state index in [-0.39, 0.29) is 29.2 Å². The maximum atomic E-state index is 15.1. The Morgan fingerprint density at radius 1 is 0.800 bits per heavy atom. The molecule has 0 aliphatic carbocycles. The first-order valence-electron chi connectivity index (χ1n) is 14.8. The van der Waals surface area contributed by atoms with Crippen LogP contribution in [0.4, 0.5) is 13.2 Å². The van der Waals surface area contributed by atoms with E-state index in [0.717, 1.165) is 37.7 Å². The third-order valence-electron chi connectivity index (χ3n) is 7.74. The second-order valence-electron chi connectivity index (χ2n) is 10.7. The Morgan fingerprint density at radius 3 is 2.12 bits per heavy atom. The normalized spacial score (nSPS) is 17.4. The lowest BCUT2D eigenvalue weighted by Crippen LogP contribution is -2.23. The Balaban J connectivity index is 1.36. The molecule has 1 heterocycles. The van der Waals surface area contributed by atoms with E-state index in [1.807, 2.05) is 19.1 Å². The molecule has 5 heteroatoms. The summed E-state index contributed by atoms with van der Waals surface area (Å²) in [5.41, 5.74) is 2.75. The molecule has 1 fully saturated rings. The van der Waals surface area contributed by atoms with E-state index in [1.165, 1.54) is 37.8 Å². The summed E-state index contributed by atoms with van der Waals surface area (Å²) in [4.78, 5) is 0. The molecule has 0 aromatic heterocycles. The summed E-state index contributed by atoms with van der Waals surface area (Å²) >= 11 is 0. The number of allylic oxidation sites excluding steroid dienone is 1. The van der Waals surface area contributed by atoms with Crippen LogP contribution in [0.3, 0.4) is 0 Å². The molecular formula is C35H41F3O2. The van der Waals surface area contributed by atoms with Crippen LogP contribution in [0.15, 0.2) is 66.7 Å². The summed E-state index contributed by atoms with van der Waals surface area (Å²) < 4.78 is 56.2. The van der Waals surface area contributed by atoms with Crippen molar-refractivity contribution < 1.29 is 22.6 Å². The highest BCUT2D eigenvalue weighted by molar-refractivity contribution is 5.71. The molecule has 2 unspecified atom stereocenters. The smallest absolute Gasteiger partial charge is 0.201 e.